The first-order valence-electron chi connectivity index (χ1n) is 11.0. The number of hydrogen-bond acceptors (Lipinski definition) is 3. The maximum atomic E-state index is 14.0. The van der Waals surface area contributed by atoms with Crippen LogP contribution in [0.2, 0.25) is 0 Å². The lowest BCUT2D eigenvalue weighted by Gasteiger charge is -2.31. The molecule has 0 heterocycles. The van der Waals surface area contributed by atoms with Crippen LogP contribution in [0, 0.1) is 11.7 Å². The highest BCUT2D eigenvalue weighted by Gasteiger charge is 2.54. The second-order valence-corrected chi connectivity index (χ2v) is 8.70. The number of hydrogen-bond donors (Lipinski definition) is 2. The van der Waals surface area contributed by atoms with Crippen molar-refractivity contribution in [2.45, 2.75) is 56.5 Å². The average Bonchev–Trinajstić information content (AvgIpc) is 2.78. The van der Waals surface area contributed by atoms with E-state index in [4.69, 9.17) is 4.74 Å². The summed E-state index contributed by atoms with van der Waals surface area (Å²) in [6.07, 6.45) is -5.72. The summed E-state index contributed by atoms with van der Waals surface area (Å²) >= 11 is 0. The van der Waals surface area contributed by atoms with E-state index in [0.717, 1.165) is 12.8 Å². The van der Waals surface area contributed by atoms with Crippen molar-refractivity contribution in [3.8, 4) is 5.75 Å². The predicted octanol–water partition coefficient (Wildman–Crippen LogP) is 6.75. The van der Waals surface area contributed by atoms with Gasteiger partial charge < -0.3 is 15.2 Å². The number of nitrogens with one attached hydrogen (secondary N) is 1. The third-order valence-corrected chi connectivity index (χ3v) is 6.03. The number of anilines is 1. The molecule has 0 spiro atoms. The minimum atomic E-state index is -5.23. The number of halogens is 7. The molecule has 2 aromatic rings. The molecule has 0 aliphatic heterocycles. The van der Waals surface area contributed by atoms with Gasteiger partial charge in [-0.15, -0.1) is 0 Å². The largest absolute Gasteiger partial charge is 0.493 e. The summed E-state index contributed by atoms with van der Waals surface area (Å²) in [5, 5.41) is 12.7. The fraction of sp³-hybridized carbons (Fsp3) is 0.500. The van der Waals surface area contributed by atoms with E-state index in [9.17, 15) is 35.8 Å². The number of ether oxygens (including phenoxy) is 1. The zero-order chi connectivity index (χ0) is 25.0. The van der Waals surface area contributed by atoms with Crippen molar-refractivity contribution in [1.29, 1.82) is 0 Å². The third kappa shape index (κ3) is 6.77. The molecule has 34 heavy (non-hydrogen) atoms. The molecule has 0 bridgehead atoms. The maximum Gasteiger partial charge on any atom is 0.419 e. The van der Waals surface area contributed by atoms with Gasteiger partial charge in [-0.1, -0.05) is 19.3 Å². The minimum Gasteiger partial charge on any atom is -0.493 e. The van der Waals surface area contributed by atoms with Crippen LogP contribution in [0.1, 0.15) is 43.2 Å². The van der Waals surface area contributed by atoms with Crippen LogP contribution in [0.25, 0.3) is 0 Å². The molecule has 3 rings (SSSR count). The normalized spacial score (nSPS) is 17.3. The van der Waals surface area contributed by atoms with Crippen LogP contribution in [0.5, 0.6) is 5.75 Å². The Morgan fingerprint density at radius 1 is 0.912 bits per heavy atom. The number of alkyl halides is 6. The standard InChI is InChI=1S/C24H26F7NO2/c25-21-11-6-18(23(26,27)28)12-17(21)13-22(33,24(29,30)31)15-32-19-7-9-20(10-8-19)34-14-16-4-2-1-3-5-16/h6-12,16,32-33H,1-5,13-15H2. The van der Waals surface area contributed by atoms with E-state index in [2.05, 4.69) is 5.32 Å². The van der Waals surface area contributed by atoms with Gasteiger partial charge in [0.1, 0.15) is 11.6 Å². The molecule has 1 saturated carbocycles. The van der Waals surface area contributed by atoms with Gasteiger partial charge in [-0.2, -0.15) is 26.3 Å². The average molecular weight is 493 g/mol. The summed E-state index contributed by atoms with van der Waals surface area (Å²) < 4.78 is 99.4. The van der Waals surface area contributed by atoms with Crippen LogP contribution in [0.4, 0.5) is 36.4 Å². The molecule has 2 N–H and O–H groups in total. The Kier molecular flexibility index (Phi) is 8.00. The Morgan fingerprint density at radius 2 is 1.56 bits per heavy atom. The Morgan fingerprint density at radius 3 is 2.15 bits per heavy atom. The lowest BCUT2D eigenvalue weighted by Crippen LogP contribution is -2.52. The van der Waals surface area contributed by atoms with Crippen molar-refractivity contribution in [3.05, 3.63) is 59.4 Å². The molecule has 1 unspecified atom stereocenters. The molecular weight excluding hydrogens is 467 g/mol. The van der Waals surface area contributed by atoms with Gasteiger partial charge in [-0.05, 0) is 66.8 Å². The van der Waals surface area contributed by atoms with E-state index < -0.39 is 47.9 Å². The second-order valence-electron chi connectivity index (χ2n) is 8.70. The lowest BCUT2D eigenvalue weighted by atomic mass is 9.90. The molecule has 188 valence electrons. The quantitative estimate of drug-likeness (QED) is 0.400. The zero-order valence-electron chi connectivity index (χ0n) is 18.3. The van der Waals surface area contributed by atoms with Crippen molar-refractivity contribution in [2.75, 3.05) is 18.5 Å². The summed E-state index contributed by atoms with van der Waals surface area (Å²) in [6, 6.07) is 7.24. The number of benzene rings is 2. The molecule has 3 nitrogen and oxygen atoms in total. The van der Waals surface area contributed by atoms with Crippen molar-refractivity contribution >= 4 is 5.69 Å². The maximum absolute atomic E-state index is 14.0. The van der Waals surface area contributed by atoms with Gasteiger partial charge in [0.15, 0.2) is 5.60 Å². The highest BCUT2D eigenvalue weighted by Crippen LogP contribution is 2.36. The van der Waals surface area contributed by atoms with Gasteiger partial charge in [-0.3, -0.25) is 0 Å². The molecule has 1 aliphatic rings. The van der Waals surface area contributed by atoms with Crippen molar-refractivity contribution in [3.63, 3.8) is 0 Å². The molecule has 2 aromatic carbocycles. The zero-order valence-corrected chi connectivity index (χ0v) is 18.3. The molecule has 1 aliphatic carbocycles. The smallest absolute Gasteiger partial charge is 0.419 e. The van der Waals surface area contributed by atoms with Gasteiger partial charge >= 0.3 is 12.4 Å². The molecule has 0 radical (unpaired) electrons. The van der Waals surface area contributed by atoms with Crippen LogP contribution in [0.15, 0.2) is 42.5 Å². The molecule has 1 fully saturated rings. The highest BCUT2D eigenvalue weighted by atomic mass is 19.4. The Hall–Kier alpha value is -2.49. The van der Waals surface area contributed by atoms with E-state index in [0.29, 0.717) is 30.4 Å². The van der Waals surface area contributed by atoms with Gasteiger partial charge in [-0.25, -0.2) is 4.39 Å². The van der Waals surface area contributed by atoms with Crippen molar-refractivity contribution in [1.82, 2.24) is 0 Å². The Balaban J connectivity index is 1.66. The highest BCUT2D eigenvalue weighted by molar-refractivity contribution is 5.47. The first-order valence-corrected chi connectivity index (χ1v) is 11.0. The number of rotatable bonds is 8. The Labute approximate surface area is 192 Å². The van der Waals surface area contributed by atoms with Crippen molar-refractivity contribution < 1.29 is 40.6 Å². The van der Waals surface area contributed by atoms with Crippen LogP contribution < -0.4 is 10.1 Å². The summed E-state index contributed by atoms with van der Waals surface area (Å²) in [5.41, 5.74) is -5.46. The van der Waals surface area contributed by atoms with Crippen LogP contribution in [-0.2, 0) is 12.6 Å². The fourth-order valence-corrected chi connectivity index (χ4v) is 3.95. The predicted molar refractivity (Wildman–Crippen MR) is 113 cm³/mol. The van der Waals surface area contributed by atoms with E-state index in [1.165, 1.54) is 31.4 Å². The molecule has 0 amide bonds. The summed E-state index contributed by atoms with van der Waals surface area (Å²) in [5.74, 6) is -0.243. The van der Waals surface area contributed by atoms with E-state index in [1.807, 2.05) is 0 Å². The fourth-order valence-electron chi connectivity index (χ4n) is 3.95. The van der Waals surface area contributed by atoms with Crippen LogP contribution in [-0.4, -0.2) is 30.0 Å². The summed E-state index contributed by atoms with van der Waals surface area (Å²) in [4.78, 5) is 0. The van der Waals surface area contributed by atoms with E-state index >= 15 is 0 Å². The third-order valence-electron chi connectivity index (χ3n) is 6.03. The first-order chi connectivity index (χ1) is 15.9. The summed E-state index contributed by atoms with van der Waals surface area (Å²) in [6.45, 7) is -0.530. The van der Waals surface area contributed by atoms with E-state index in [1.54, 1.807) is 12.1 Å². The molecule has 10 heteroatoms. The van der Waals surface area contributed by atoms with Gasteiger partial charge in [0.2, 0.25) is 0 Å². The molecule has 1 atom stereocenters. The van der Waals surface area contributed by atoms with E-state index in [-0.39, 0.29) is 11.8 Å². The van der Waals surface area contributed by atoms with Gasteiger partial charge in [0.05, 0.1) is 18.7 Å². The molecule has 0 saturated heterocycles. The topological polar surface area (TPSA) is 41.5 Å². The first kappa shape index (κ1) is 26.1. The Bertz CT molecular complexity index is 938. The van der Waals surface area contributed by atoms with Gasteiger partial charge in [0, 0.05) is 12.1 Å². The lowest BCUT2D eigenvalue weighted by molar-refractivity contribution is -0.254. The minimum absolute atomic E-state index is 0.234. The van der Waals surface area contributed by atoms with Crippen molar-refractivity contribution in [2.24, 2.45) is 5.92 Å². The van der Waals surface area contributed by atoms with Crippen LogP contribution in [0.3, 0.4) is 0 Å². The van der Waals surface area contributed by atoms with Crippen LogP contribution >= 0.6 is 0 Å². The monoisotopic (exact) mass is 493 g/mol. The van der Waals surface area contributed by atoms with Gasteiger partial charge in [0.25, 0.3) is 0 Å². The molecule has 0 aromatic heterocycles. The second kappa shape index (κ2) is 10.4. The summed E-state index contributed by atoms with van der Waals surface area (Å²) in [7, 11) is 0. The SMILES string of the molecule is OC(CNc1ccc(OCC2CCCCC2)cc1)(Cc1cc(C(F)(F)F)ccc1F)C(F)(F)F. The number of aliphatic hydroxyl groups is 1. The molecular formula is C24H26F7NO2.